The lowest BCUT2D eigenvalue weighted by atomic mass is 9.69. The van der Waals surface area contributed by atoms with Gasteiger partial charge in [-0.05, 0) is 30.4 Å². The topological polar surface area (TPSA) is 46.2 Å². The Morgan fingerprint density at radius 3 is 2.24 bits per heavy atom. The fraction of sp³-hybridized carbons (Fsp3) is 0.600. The third-order valence-corrected chi connectivity index (χ3v) is 4.17. The summed E-state index contributed by atoms with van der Waals surface area (Å²) >= 11 is 0. The SMILES string of the molecule is NCC1(c2ccc(CCO)cc2)CCCCC1. The highest BCUT2D eigenvalue weighted by atomic mass is 16.2. The second-order valence-corrected chi connectivity index (χ2v) is 5.22. The highest BCUT2D eigenvalue weighted by Gasteiger charge is 2.32. The van der Waals surface area contributed by atoms with Crippen LogP contribution in [0.25, 0.3) is 0 Å². The van der Waals surface area contributed by atoms with Crippen molar-refractivity contribution in [2.24, 2.45) is 5.73 Å². The van der Waals surface area contributed by atoms with E-state index in [4.69, 9.17) is 10.8 Å². The van der Waals surface area contributed by atoms with Gasteiger partial charge in [0, 0.05) is 18.6 Å². The van der Waals surface area contributed by atoms with Crippen LogP contribution in [0, 0.1) is 0 Å². The van der Waals surface area contributed by atoms with E-state index in [-0.39, 0.29) is 12.0 Å². The van der Waals surface area contributed by atoms with Gasteiger partial charge in [-0.3, -0.25) is 0 Å². The summed E-state index contributed by atoms with van der Waals surface area (Å²) in [7, 11) is 0. The van der Waals surface area contributed by atoms with E-state index in [1.54, 1.807) is 0 Å². The first-order valence-electron chi connectivity index (χ1n) is 6.71. The van der Waals surface area contributed by atoms with E-state index in [0.29, 0.717) is 0 Å². The molecule has 0 unspecified atom stereocenters. The van der Waals surface area contributed by atoms with Gasteiger partial charge in [0.15, 0.2) is 0 Å². The predicted molar refractivity (Wildman–Crippen MR) is 71.0 cm³/mol. The Kier molecular flexibility index (Phi) is 4.19. The lowest BCUT2D eigenvalue weighted by molar-refractivity contribution is 0.298. The van der Waals surface area contributed by atoms with Gasteiger partial charge >= 0.3 is 0 Å². The second-order valence-electron chi connectivity index (χ2n) is 5.22. The highest BCUT2D eigenvalue weighted by molar-refractivity contribution is 5.30. The van der Waals surface area contributed by atoms with Gasteiger partial charge in [-0.25, -0.2) is 0 Å². The highest BCUT2D eigenvalue weighted by Crippen LogP contribution is 2.38. The number of hydrogen-bond acceptors (Lipinski definition) is 2. The fourth-order valence-corrected chi connectivity index (χ4v) is 2.99. The molecule has 0 bridgehead atoms. The number of nitrogens with two attached hydrogens (primary N) is 1. The summed E-state index contributed by atoms with van der Waals surface area (Å²) in [5.41, 5.74) is 8.84. The van der Waals surface area contributed by atoms with Gasteiger partial charge < -0.3 is 10.8 Å². The monoisotopic (exact) mass is 233 g/mol. The quantitative estimate of drug-likeness (QED) is 0.838. The molecule has 1 aliphatic carbocycles. The first-order chi connectivity index (χ1) is 8.30. The van der Waals surface area contributed by atoms with Gasteiger partial charge in [0.05, 0.1) is 0 Å². The van der Waals surface area contributed by atoms with Crippen molar-refractivity contribution in [1.82, 2.24) is 0 Å². The molecule has 17 heavy (non-hydrogen) atoms. The van der Waals surface area contributed by atoms with Crippen molar-refractivity contribution in [1.29, 1.82) is 0 Å². The molecule has 0 amide bonds. The van der Waals surface area contributed by atoms with Crippen molar-refractivity contribution in [3.05, 3.63) is 35.4 Å². The zero-order valence-corrected chi connectivity index (χ0v) is 10.5. The van der Waals surface area contributed by atoms with Crippen LogP contribution in [-0.2, 0) is 11.8 Å². The van der Waals surface area contributed by atoms with Crippen LogP contribution in [0.3, 0.4) is 0 Å². The zero-order chi connectivity index (χ0) is 12.1. The zero-order valence-electron chi connectivity index (χ0n) is 10.5. The van der Waals surface area contributed by atoms with Crippen molar-refractivity contribution >= 4 is 0 Å². The molecule has 0 saturated heterocycles. The van der Waals surface area contributed by atoms with Crippen LogP contribution in [0.2, 0.25) is 0 Å². The molecule has 1 aromatic rings. The Morgan fingerprint density at radius 1 is 1.06 bits per heavy atom. The maximum atomic E-state index is 8.91. The summed E-state index contributed by atoms with van der Waals surface area (Å²) in [6, 6.07) is 8.70. The Hall–Kier alpha value is -0.860. The van der Waals surface area contributed by atoms with Crippen LogP contribution in [0.5, 0.6) is 0 Å². The van der Waals surface area contributed by atoms with E-state index < -0.39 is 0 Å². The van der Waals surface area contributed by atoms with Crippen molar-refractivity contribution in [2.45, 2.75) is 43.9 Å². The van der Waals surface area contributed by atoms with Crippen LogP contribution in [0.15, 0.2) is 24.3 Å². The minimum absolute atomic E-state index is 0.218. The molecule has 1 aromatic carbocycles. The second kappa shape index (κ2) is 5.65. The molecule has 0 spiro atoms. The average Bonchev–Trinajstić information content (AvgIpc) is 2.41. The van der Waals surface area contributed by atoms with Gasteiger partial charge in [-0.1, -0.05) is 43.5 Å². The summed E-state index contributed by atoms with van der Waals surface area (Å²) in [4.78, 5) is 0. The smallest absolute Gasteiger partial charge is 0.0471 e. The van der Waals surface area contributed by atoms with E-state index in [9.17, 15) is 0 Å². The molecule has 0 aliphatic heterocycles. The molecule has 0 aromatic heterocycles. The van der Waals surface area contributed by atoms with Gasteiger partial charge in [0.25, 0.3) is 0 Å². The van der Waals surface area contributed by atoms with Gasteiger partial charge in [-0.2, -0.15) is 0 Å². The first-order valence-corrected chi connectivity index (χ1v) is 6.71. The van der Waals surface area contributed by atoms with Crippen molar-refractivity contribution in [3.8, 4) is 0 Å². The number of aliphatic hydroxyl groups is 1. The summed E-state index contributed by atoms with van der Waals surface area (Å²) in [5.74, 6) is 0. The molecule has 1 aliphatic rings. The molecular formula is C15H23NO. The summed E-state index contributed by atoms with van der Waals surface area (Å²) in [6.07, 6.45) is 7.15. The molecule has 2 heteroatoms. The van der Waals surface area contributed by atoms with Crippen LogP contribution < -0.4 is 5.73 Å². The van der Waals surface area contributed by atoms with E-state index in [1.165, 1.54) is 43.2 Å². The molecular weight excluding hydrogens is 210 g/mol. The van der Waals surface area contributed by atoms with Gasteiger partial charge in [0.1, 0.15) is 0 Å². The largest absolute Gasteiger partial charge is 0.396 e. The molecule has 2 nitrogen and oxygen atoms in total. The number of rotatable bonds is 4. The first kappa shape index (κ1) is 12.6. The average molecular weight is 233 g/mol. The third-order valence-electron chi connectivity index (χ3n) is 4.17. The van der Waals surface area contributed by atoms with E-state index in [0.717, 1.165) is 13.0 Å². The van der Waals surface area contributed by atoms with Crippen LogP contribution in [0.1, 0.15) is 43.2 Å². The Morgan fingerprint density at radius 2 is 1.71 bits per heavy atom. The standard InChI is InChI=1S/C15H23NO/c16-12-15(9-2-1-3-10-15)14-6-4-13(5-7-14)8-11-17/h4-7,17H,1-3,8-12,16H2. The number of benzene rings is 1. The van der Waals surface area contributed by atoms with E-state index in [1.807, 2.05) is 0 Å². The molecule has 1 fully saturated rings. The molecule has 1 saturated carbocycles. The molecule has 0 heterocycles. The summed E-state index contributed by atoms with van der Waals surface area (Å²) in [5, 5.41) is 8.91. The van der Waals surface area contributed by atoms with E-state index in [2.05, 4.69) is 24.3 Å². The molecule has 94 valence electrons. The molecule has 2 rings (SSSR count). The molecule has 0 atom stereocenters. The predicted octanol–water partition coefficient (Wildman–Crippen LogP) is 2.38. The number of aliphatic hydroxyl groups excluding tert-OH is 1. The Balaban J connectivity index is 2.18. The van der Waals surface area contributed by atoms with Crippen LogP contribution in [-0.4, -0.2) is 18.3 Å². The van der Waals surface area contributed by atoms with Crippen molar-refractivity contribution in [2.75, 3.05) is 13.2 Å². The van der Waals surface area contributed by atoms with Crippen LogP contribution in [0.4, 0.5) is 0 Å². The number of hydrogen-bond donors (Lipinski definition) is 2. The Labute approximate surface area is 104 Å². The minimum atomic E-state index is 0.218. The minimum Gasteiger partial charge on any atom is -0.396 e. The third kappa shape index (κ3) is 2.70. The van der Waals surface area contributed by atoms with E-state index >= 15 is 0 Å². The van der Waals surface area contributed by atoms with Gasteiger partial charge in [0.2, 0.25) is 0 Å². The molecule has 0 radical (unpaired) electrons. The maximum Gasteiger partial charge on any atom is 0.0471 e. The summed E-state index contributed by atoms with van der Waals surface area (Å²) < 4.78 is 0. The lowest BCUT2D eigenvalue weighted by Crippen LogP contribution is -2.37. The van der Waals surface area contributed by atoms with Crippen molar-refractivity contribution < 1.29 is 5.11 Å². The fourth-order valence-electron chi connectivity index (χ4n) is 2.99. The maximum absolute atomic E-state index is 8.91. The van der Waals surface area contributed by atoms with Crippen molar-refractivity contribution in [3.63, 3.8) is 0 Å². The normalized spacial score (nSPS) is 19.2. The lowest BCUT2D eigenvalue weighted by Gasteiger charge is -2.37. The van der Waals surface area contributed by atoms with Gasteiger partial charge in [-0.15, -0.1) is 0 Å². The Bertz CT molecular complexity index is 338. The molecule has 3 N–H and O–H groups in total. The van der Waals surface area contributed by atoms with Crippen LogP contribution >= 0.6 is 0 Å². The summed E-state index contributed by atoms with van der Waals surface area (Å²) in [6.45, 7) is 0.980.